The first-order valence-corrected chi connectivity index (χ1v) is 9.11. The van der Waals surface area contributed by atoms with Crippen LogP contribution < -0.4 is 15.6 Å². The van der Waals surface area contributed by atoms with Crippen LogP contribution in [0, 0.1) is 0 Å². The van der Waals surface area contributed by atoms with E-state index < -0.39 is 0 Å². The second kappa shape index (κ2) is 5.36. The minimum atomic E-state index is -0.0354. The monoisotopic (exact) mass is 348 g/mol. The fourth-order valence-electron chi connectivity index (χ4n) is 3.75. The molecule has 0 saturated carbocycles. The third-order valence-electron chi connectivity index (χ3n) is 4.88. The van der Waals surface area contributed by atoms with E-state index in [9.17, 15) is 4.79 Å². The van der Waals surface area contributed by atoms with E-state index in [-0.39, 0.29) is 5.56 Å². The first kappa shape index (κ1) is 14.5. The fourth-order valence-corrected chi connectivity index (χ4v) is 4.54. The molecule has 0 fully saturated rings. The number of anilines is 1. The van der Waals surface area contributed by atoms with E-state index in [1.165, 1.54) is 22.6 Å². The van der Waals surface area contributed by atoms with Crippen molar-refractivity contribution >= 4 is 38.0 Å². The van der Waals surface area contributed by atoms with E-state index in [0.29, 0.717) is 0 Å². The number of aromatic amines is 1. The molecule has 0 aliphatic carbocycles. The maximum atomic E-state index is 12.3. The number of fused-ring (bicyclic) bond motifs is 4. The molecule has 4 nitrogen and oxygen atoms in total. The predicted molar refractivity (Wildman–Crippen MR) is 104 cm³/mol. The van der Waals surface area contributed by atoms with E-state index in [2.05, 4.69) is 28.5 Å². The third-order valence-corrected chi connectivity index (χ3v) is 5.79. The van der Waals surface area contributed by atoms with Gasteiger partial charge in [0.1, 0.15) is 10.4 Å². The van der Waals surface area contributed by atoms with Crippen molar-refractivity contribution < 1.29 is 4.74 Å². The molecule has 5 rings (SSSR count). The molecular weight excluding hydrogens is 332 g/mol. The number of pyridine rings is 1. The minimum Gasteiger partial charge on any atom is -0.496 e. The number of methoxy groups -OCH3 is 1. The summed E-state index contributed by atoms with van der Waals surface area (Å²) in [7, 11) is 1.69. The topological polar surface area (TPSA) is 54.1 Å². The van der Waals surface area contributed by atoms with Crippen molar-refractivity contribution in [2.45, 2.75) is 6.42 Å². The molecule has 2 aromatic heterocycles. The van der Waals surface area contributed by atoms with E-state index in [4.69, 9.17) is 4.74 Å². The Morgan fingerprint density at radius 3 is 2.96 bits per heavy atom. The van der Waals surface area contributed by atoms with Crippen LogP contribution in [0.1, 0.15) is 5.56 Å². The lowest BCUT2D eigenvalue weighted by atomic mass is 9.95. The molecule has 0 radical (unpaired) electrons. The molecule has 25 heavy (non-hydrogen) atoms. The second-order valence-corrected chi connectivity index (χ2v) is 7.15. The summed E-state index contributed by atoms with van der Waals surface area (Å²) >= 11 is 1.47. The second-order valence-electron chi connectivity index (χ2n) is 6.23. The highest BCUT2D eigenvalue weighted by Gasteiger charge is 2.18. The maximum absolute atomic E-state index is 12.3. The van der Waals surface area contributed by atoms with Gasteiger partial charge in [0.15, 0.2) is 0 Å². The smallest absolute Gasteiger partial charge is 0.266 e. The first-order valence-electron chi connectivity index (χ1n) is 8.23. The van der Waals surface area contributed by atoms with Gasteiger partial charge in [-0.15, -0.1) is 11.3 Å². The summed E-state index contributed by atoms with van der Waals surface area (Å²) in [5.41, 5.74) is 5.48. The van der Waals surface area contributed by atoms with Gasteiger partial charge in [0.05, 0.1) is 7.11 Å². The lowest BCUT2D eigenvalue weighted by Gasteiger charge is -2.14. The van der Waals surface area contributed by atoms with Crippen molar-refractivity contribution in [3.05, 3.63) is 57.7 Å². The molecular formula is C20H16N2O2S. The summed E-state index contributed by atoms with van der Waals surface area (Å²) in [6.07, 6.45) is 1.03. The summed E-state index contributed by atoms with van der Waals surface area (Å²) in [6, 6.07) is 12.4. The van der Waals surface area contributed by atoms with Gasteiger partial charge in [0, 0.05) is 34.1 Å². The zero-order valence-electron chi connectivity index (χ0n) is 13.7. The van der Waals surface area contributed by atoms with Crippen molar-refractivity contribution in [2.75, 3.05) is 19.0 Å². The molecule has 0 saturated heterocycles. The highest BCUT2D eigenvalue weighted by molar-refractivity contribution is 7.17. The van der Waals surface area contributed by atoms with Crippen molar-refractivity contribution in [3.8, 4) is 16.9 Å². The quantitative estimate of drug-likeness (QED) is 0.565. The molecule has 5 heteroatoms. The molecule has 1 aliphatic rings. The average molecular weight is 348 g/mol. The van der Waals surface area contributed by atoms with Gasteiger partial charge >= 0.3 is 0 Å². The summed E-state index contributed by atoms with van der Waals surface area (Å²) in [6.45, 7) is 0.980. The Labute approximate surface area is 148 Å². The molecule has 0 atom stereocenters. The summed E-state index contributed by atoms with van der Waals surface area (Å²) in [5, 5.41) is 7.39. The van der Waals surface area contributed by atoms with Crippen LogP contribution in [0.15, 0.2) is 46.6 Å². The maximum Gasteiger partial charge on any atom is 0.266 e. The van der Waals surface area contributed by atoms with Crippen LogP contribution in [-0.2, 0) is 6.42 Å². The van der Waals surface area contributed by atoms with Gasteiger partial charge in [-0.3, -0.25) is 4.79 Å². The minimum absolute atomic E-state index is 0.0354. The Kier molecular flexibility index (Phi) is 3.12. The molecule has 2 N–H and O–H groups in total. The van der Waals surface area contributed by atoms with Crippen LogP contribution in [0.3, 0.4) is 0 Å². The van der Waals surface area contributed by atoms with Gasteiger partial charge in [0.2, 0.25) is 0 Å². The number of ether oxygens (including phenoxy) is 1. The average Bonchev–Trinajstić information content (AvgIpc) is 3.29. The predicted octanol–water partition coefficient (Wildman–Crippen LogP) is 4.39. The largest absolute Gasteiger partial charge is 0.496 e. The van der Waals surface area contributed by atoms with Crippen LogP contribution in [0.25, 0.3) is 32.1 Å². The molecule has 0 spiro atoms. The standard InChI is InChI=1S/C20H16N2O2S/c1-24-16-5-4-15-18(13-7-9-25-19(13)20(23)22-15)17(16)12-2-3-14-11(10-12)6-8-21-14/h2-5,7,9-10,21H,6,8H2,1H3,(H,22,23). The molecule has 1 aliphatic heterocycles. The fraction of sp³-hybridized carbons (Fsp3) is 0.150. The van der Waals surface area contributed by atoms with E-state index >= 15 is 0 Å². The van der Waals surface area contributed by atoms with Crippen molar-refractivity contribution in [1.82, 2.24) is 4.98 Å². The summed E-state index contributed by atoms with van der Waals surface area (Å²) < 4.78 is 6.43. The molecule has 124 valence electrons. The number of thiophene rings is 1. The number of H-pyrrole nitrogens is 1. The number of rotatable bonds is 2. The molecule has 0 bridgehead atoms. The number of aromatic nitrogens is 1. The van der Waals surface area contributed by atoms with Crippen LogP contribution in [0.5, 0.6) is 5.75 Å². The lowest BCUT2D eigenvalue weighted by Crippen LogP contribution is -2.05. The molecule has 4 aromatic rings. The van der Waals surface area contributed by atoms with Gasteiger partial charge in [-0.25, -0.2) is 0 Å². The summed E-state index contributed by atoms with van der Waals surface area (Å²) in [5.74, 6) is 0.818. The van der Waals surface area contributed by atoms with Crippen molar-refractivity contribution in [1.29, 1.82) is 0 Å². The highest BCUT2D eigenvalue weighted by atomic mass is 32.1. The van der Waals surface area contributed by atoms with Crippen LogP contribution in [-0.4, -0.2) is 18.6 Å². The van der Waals surface area contributed by atoms with Gasteiger partial charge in [-0.2, -0.15) is 0 Å². The van der Waals surface area contributed by atoms with E-state index in [0.717, 1.165) is 50.8 Å². The van der Waals surface area contributed by atoms with E-state index in [1.807, 2.05) is 23.6 Å². The van der Waals surface area contributed by atoms with Gasteiger partial charge in [-0.1, -0.05) is 6.07 Å². The first-order chi connectivity index (χ1) is 12.3. The van der Waals surface area contributed by atoms with Crippen LogP contribution in [0.4, 0.5) is 5.69 Å². The molecule has 0 unspecified atom stereocenters. The Morgan fingerprint density at radius 2 is 2.08 bits per heavy atom. The Morgan fingerprint density at radius 1 is 1.16 bits per heavy atom. The number of hydrogen-bond acceptors (Lipinski definition) is 4. The highest BCUT2D eigenvalue weighted by Crippen LogP contribution is 2.41. The van der Waals surface area contributed by atoms with Crippen molar-refractivity contribution in [3.63, 3.8) is 0 Å². The number of nitrogens with one attached hydrogen (secondary N) is 2. The van der Waals surface area contributed by atoms with Crippen LogP contribution >= 0.6 is 11.3 Å². The van der Waals surface area contributed by atoms with Crippen molar-refractivity contribution in [2.24, 2.45) is 0 Å². The Balaban J connectivity index is 1.93. The van der Waals surface area contributed by atoms with Gasteiger partial charge in [-0.05, 0) is 53.3 Å². The summed E-state index contributed by atoms with van der Waals surface area (Å²) in [4.78, 5) is 15.3. The third kappa shape index (κ3) is 2.09. The van der Waals surface area contributed by atoms with Gasteiger partial charge < -0.3 is 15.0 Å². The zero-order chi connectivity index (χ0) is 17.0. The van der Waals surface area contributed by atoms with Gasteiger partial charge in [0.25, 0.3) is 5.56 Å². The molecule has 2 aromatic carbocycles. The molecule has 0 amide bonds. The lowest BCUT2D eigenvalue weighted by molar-refractivity contribution is 0.417. The van der Waals surface area contributed by atoms with E-state index in [1.54, 1.807) is 7.11 Å². The Hall–Kier alpha value is -2.79. The molecule has 3 heterocycles. The van der Waals surface area contributed by atoms with Crippen LogP contribution in [0.2, 0.25) is 0 Å². The Bertz CT molecular complexity index is 1190. The number of hydrogen-bond donors (Lipinski definition) is 2. The zero-order valence-corrected chi connectivity index (χ0v) is 14.5. The SMILES string of the molecule is COc1ccc2[nH]c(=O)c3sccc3c2c1-c1ccc2c(c1)CCN2. The normalized spacial score (nSPS) is 13.2. The number of benzene rings is 2.